The maximum Gasteiger partial charge on any atom is 0.331 e. The van der Waals surface area contributed by atoms with Crippen molar-refractivity contribution in [2.45, 2.75) is 4.80 Å². The van der Waals surface area contributed by atoms with Gasteiger partial charge in [-0.15, -0.1) is 0 Å². The summed E-state index contributed by atoms with van der Waals surface area (Å²) in [7, 11) is -2.62. The van der Waals surface area contributed by atoms with Crippen molar-refractivity contribution in [3.63, 3.8) is 0 Å². The van der Waals surface area contributed by atoms with E-state index in [1.165, 1.54) is 0 Å². The van der Waals surface area contributed by atoms with Gasteiger partial charge in [0.1, 0.15) is 21.7 Å². The van der Waals surface area contributed by atoms with E-state index in [1.807, 2.05) is 66.7 Å². The monoisotopic (exact) mass is 479 g/mol. The molecule has 0 fully saturated rings. The summed E-state index contributed by atoms with van der Waals surface area (Å²) >= 11 is 7.95. The van der Waals surface area contributed by atoms with Gasteiger partial charge in [-0.3, -0.25) is 0 Å². The Morgan fingerprint density at radius 2 is 0.765 bits per heavy atom. The van der Waals surface area contributed by atoms with E-state index in [0.717, 1.165) is 27.2 Å². The van der Waals surface area contributed by atoms with Crippen LogP contribution in [-0.2, 0) is 4.80 Å². The molecule has 0 spiro atoms. The lowest BCUT2D eigenvalue weighted by Crippen LogP contribution is -2.46. The zero-order valence-electron chi connectivity index (χ0n) is 18.7. The van der Waals surface area contributed by atoms with E-state index >= 15 is 0 Å². The molecule has 0 bridgehead atoms. The Morgan fingerprint density at radius 1 is 0.441 bits per heavy atom. The van der Waals surface area contributed by atoms with Crippen molar-refractivity contribution in [1.29, 1.82) is 0 Å². The molecule has 1 nitrogen and oxygen atoms in total. The summed E-state index contributed by atoms with van der Waals surface area (Å²) in [6.07, 6.45) is 0. The van der Waals surface area contributed by atoms with Gasteiger partial charge in [-0.2, -0.15) is 0 Å². The van der Waals surface area contributed by atoms with E-state index in [-0.39, 0.29) is 0 Å². The highest BCUT2D eigenvalue weighted by Crippen LogP contribution is 2.72. The van der Waals surface area contributed by atoms with Gasteiger partial charge < -0.3 is 4.74 Å². The molecule has 0 heterocycles. The van der Waals surface area contributed by atoms with Crippen LogP contribution >= 0.6 is 18.9 Å². The molecule has 0 aromatic heterocycles. The van der Waals surface area contributed by atoms with Crippen LogP contribution in [0.3, 0.4) is 0 Å². The molecule has 1 atom stereocenters. The van der Waals surface area contributed by atoms with E-state index in [2.05, 4.69) is 84.9 Å². The van der Waals surface area contributed by atoms with E-state index in [0.29, 0.717) is 0 Å². The molecule has 0 aliphatic rings. The largest absolute Gasteiger partial charge is 0.436 e. The highest BCUT2D eigenvalue weighted by Gasteiger charge is 2.66. The van der Waals surface area contributed by atoms with Crippen LogP contribution in [0.5, 0.6) is 5.75 Å². The number of alkyl halides is 1. The highest BCUT2D eigenvalue weighted by atomic mass is 35.5. The molecule has 0 saturated heterocycles. The summed E-state index contributed by atoms with van der Waals surface area (Å²) in [5.41, 5.74) is 0.922. The summed E-state index contributed by atoms with van der Waals surface area (Å²) in [6.45, 7) is 0. The minimum Gasteiger partial charge on any atom is -0.436 e. The molecule has 0 amide bonds. The third-order valence-corrected chi connectivity index (χ3v) is 11.5. The van der Waals surface area contributed by atoms with Crippen LogP contribution in [-0.4, -0.2) is 0 Å². The molecule has 5 aromatic carbocycles. The van der Waals surface area contributed by atoms with Gasteiger partial charge in [0, 0.05) is 0 Å². The van der Waals surface area contributed by atoms with E-state index in [4.69, 9.17) is 16.3 Å². The number of hydrogen-bond donors (Lipinski definition) is 0. The Balaban J connectivity index is 1.92. The van der Waals surface area contributed by atoms with Gasteiger partial charge in [0.25, 0.3) is 0 Å². The van der Waals surface area contributed by atoms with E-state index < -0.39 is 12.1 Å². The lowest BCUT2D eigenvalue weighted by atomic mass is 10.2. The number of para-hydroxylation sites is 1. The van der Waals surface area contributed by atoms with Crippen LogP contribution in [0.15, 0.2) is 152 Å². The molecular weight excluding hydrogens is 455 g/mol. The number of benzene rings is 5. The third-order valence-electron chi connectivity index (χ3n) is 5.99. The Kier molecular flexibility index (Phi) is 6.50. The first kappa shape index (κ1) is 22.4. The van der Waals surface area contributed by atoms with Crippen molar-refractivity contribution in [2.75, 3.05) is 0 Å². The lowest BCUT2D eigenvalue weighted by Gasteiger charge is -2.40. The van der Waals surface area contributed by atoms with Gasteiger partial charge in [-0.1, -0.05) is 91.0 Å². The van der Waals surface area contributed by atoms with Crippen molar-refractivity contribution >= 4 is 34.8 Å². The molecule has 5 aromatic rings. The van der Waals surface area contributed by atoms with Crippen molar-refractivity contribution in [1.82, 2.24) is 0 Å². The molecule has 0 radical (unpaired) electrons. The summed E-state index contributed by atoms with van der Waals surface area (Å²) < 4.78 is 6.93. The standard InChI is InChI=1S/C31H25ClOP/c32-31(26-16-6-1-7-17-26,33-27-18-8-2-9-19-27)34(28-20-10-3-11-21-28,29-22-12-4-13-23-29)30-24-14-5-15-25-30/h1-25H/q+1. The van der Waals surface area contributed by atoms with Gasteiger partial charge in [0.05, 0.1) is 5.56 Å². The van der Waals surface area contributed by atoms with Gasteiger partial charge in [0.15, 0.2) is 7.26 Å². The van der Waals surface area contributed by atoms with Crippen LogP contribution in [0.25, 0.3) is 0 Å². The number of ether oxygens (including phenoxy) is 1. The first-order valence-corrected chi connectivity index (χ1v) is 13.5. The second kappa shape index (κ2) is 9.85. The number of rotatable bonds is 7. The number of hydrogen-bond acceptors (Lipinski definition) is 1. The smallest absolute Gasteiger partial charge is 0.331 e. The predicted octanol–water partition coefficient (Wildman–Crippen LogP) is 7.11. The Morgan fingerprint density at radius 3 is 1.15 bits per heavy atom. The second-order valence-corrected chi connectivity index (χ2v) is 12.3. The Bertz CT molecular complexity index is 1220. The minimum atomic E-state index is -2.62. The van der Waals surface area contributed by atoms with Crippen LogP contribution in [0, 0.1) is 0 Å². The summed E-state index contributed by atoms with van der Waals surface area (Å²) in [5.74, 6) is 0.730. The normalized spacial score (nSPS) is 13.1. The molecule has 166 valence electrons. The maximum absolute atomic E-state index is 7.95. The SMILES string of the molecule is ClC(Oc1ccccc1)(c1ccccc1)[P+](c1ccccc1)(c1ccccc1)c1ccccc1. The zero-order chi connectivity index (χ0) is 23.3. The van der Waals surface area contributed by atoms with Crippen molar-refractivity contribution in [3.8, 4) is 5.75 Å². The topological polar surface area (TPSA) is 9.23 Å². The predicted molar refractivity (Wildman–Crippen MR) is 146 cm³/mol. The lowest BCUT2D eigenvalue weighted by molar-refractivity contribution is 0.247. The average Bonchev–Trinajstić information content (AvgIpc) is 2.92. The molecule has 5 rings (SSSR count). The molecule has 0 N–H and O–H groups in total. The summed E-state index contributed by atoms with van der Waals surface area (Å²) in [5, 5.41) is 3.46. The molecule has 0 saturated carbocycles. The van der Waals surface area contributed by atoms with Gasteiger partial charge in [-0.05, 0) is 72.3 Å². The summed E-state index contributed by atoms with van der Waals surface area (Å²) in [4.78, 5) is -1.19. The van der Waals surface area contributed by atoms with E-state index in [1.54, 1.807) is 0 Å². The first-order chi connectivity index (χ1) is 16.7. The molecule has 34 heavy (non-hydrogen) atoms. The minimum absolute atomic E-state index is 0.730. The van der Waals surface area contributed by atoms with Crippen molar-refractivity contribution in [2.24, 2.45) is 0 Å². The third kappa shape index (κ3) is 3.92. The fraction of sp³-hybridized carbons (Fsp3) is 0.0323. The first-order valence-electron chi connectivity index (χ1n) is 11.3. The van der Waals surface area contributed by atoms with Crippen molar-refractivity contribution in [3.05, 3.63) is 157 Å². The van der Waals surface area contributed by atoms with Crippen LogP contribution in [0.2, 0.25) is 0 Å². The molecule has 0 aliphatic heterocycles. The molecular formula is C31H25ClOP+. The van der Waals surface area contributed by atoms with Crippen LogP contribution in [0.4, 0.5) is 0 Å². The quantitative estimate of drug-likeness (QED) is 0.178. The molecule has 1 unspecified atom stereocenters. The molecule has 3 heteroatoms. The van der Waals surface area contributed by atoms with Crippen molar-refractivity contribution < 1.29 is 4.74 Å². The fourth-order valence-electron chi connectivity index (χ4n) is 4.51. The summed E-state index contributed by atoms with van der Waals surface area (Å²) in [6, 6.07) is 51.8. The Hall–Kier alpha value is -3.38. The van der Waals surface area contributed by atoms with Gasteiger partial charge in [-0.25, -0.2) is 0 Å². The van der Waals surface area contributed by atoms with Gasteiger partial charge in [0.2, 0.25) is 0 Å². The zero-order valence-corrected chi connectivity index (χ0v) is 20.3. The van der Waals surface area contributed by atoms with Gasteiger partial charge >= 0.3 is 4.80 Å². The highest BCUT2D eigenvalue weighted by molar-refractivity contribution is 7.97. The maximum atomic E-state index is 7.95. The fourth-order valence-corrected chi connectivity index (χ4v) is 10.1. The molecule has 0 aliphatic carbocycles. The number of halogens is 1. The Labute approximate surface area is 207 Å². The van der Waals surface area contributed by atoms with Crippen LogP contribution in [0.1, 0.15) is 5.56 Å². The van der Waals surface area contributed by atoms with E-state index in [9.17, 15) is 0 Å². The average molecular weight is 480 g/mol. The second-order valence-electron chi connectivity index (χ2n) is 8.02. The van der Waals surface area contributed by atoms with Crippen LogP contribution < -0.4 is 20.7 Å².